The Labute approximate surface area is 207 Å². The maximum absolute atomic E-state index is 13.5. The van der Waals surface area contributed by atoms with Gasteiger partial charge in [-0.25, -0.2) is 0 Å². The Balaban J connectivity index is 1.55. The molecule has 1 aliphatic heterocycles. The molecule has 2 N–H and O–H groups in total. The van der Waals surface area contributed by atoms with Crippen LogP contribution in [0.3, 0.4) is 0 Å². The van der Waals surface area contributed by atoms with E-state index >= 15 is 0 Å². The van der Waals surface area contributed by atoms with Gasteiger partial charge in [0.15, 0.2) is 5.58 Å². The molecule has 3 unspecified atom stereocenters. The number of para-hydroxylation sites is 2. The summed E-state index contributed by atoms with van der Waals surface area (Å²) in [5.41, 5.74) is 2.26. The summed E-state index contributed by atoms with van der Waals surface area (Å²) in [5.74, 6) is 0.195. The molecule has 1 fully saturated rings. The van der Waals surface area contributed by atoms with E-state index in [1.807, 2.05) is 12.1 Å². The van der Waals surface area contributed by atoms with Gasteiger partial charge in [-0.05, 0) is 18.2 Å². The van der Waals surface area contributed by atoms with Crippen LogP contribution in [0.25, 0.3) is 11.0 Å². The molecule has 9 heteroatoms. The van der Waals surface area contributed by atoms with E-state index in [2.05, 4.69) is 15.5 Å². The van der Waals surface area contributed by atoms with E-state index in [1.165, 1.54) is 6.92 Å². The molecule has 0 radical (unpaired) electrons. The Morgan fingerprint density at radius 3 is 2.62 bits per heavy atom. The van der Waals surface area contributed by atoms with Gasteiger partial charge in [0.1, 0.15) is 5.76 Å². The van der Waals surface area contributed by atoms with Crippen LogP contribution in [-0.4, -0.2) is 54.4 Å². The molecule has 0 spiro atoms. The van der Waals surface area contributed by atoms with Crippen LogP contribution in [0, 0.1) is 0 Å². The highest BCUT2D eigenvalue weighted by Crippen LogP contribution is 2.43. The van der Waals surface area contributed by atoms with E-state index in [0.29, 0.717) is 41.5 Å². The van der Waals surface area contributed by atoms with Crippen molar-refractivity contribution in [2.45, 2.75) is 30.8 Å². The molecule has 0 bridgehead atoms. The van der Waals surface area contributed by atoms with Gasteiger partial charge in [0.2, 0.25) is 5.91 Å². The van der Waals surface area contributed by atoms with Crippen molar-refractivity contribution in [1.82, 2.24) is 10.2 Å². The van der Waals surface area contributed by atoms with Crippen LogP contribution in [0.1, 0.15) is 34.6 Å². The SMILES string of the molecule is CC(=O)Nc1ccccc1C(=O)NC1c2c(oc3c(Cl)cccc23)CC(N2CCOCC2)C1Cl. The zero-order valence-electron chi connectivity index (χ0n) is 18.6. The summed E-state index contributed by atoms with van der Waals surface area (Å²) >= 11 is 13.6. The predicted molar refractivity (Wildman–Crippen MR) is 132 cm³/mol. The van der Waals surface area contributed by atoms with Crippen LogP contribution in [-0.2, 0) is 16.0 Å². The number of alkyl halides is 1. The van der Waals surface area contributed by atoms with Gasteiger partial charge in [-0.15, -0.1) is 11.6 Å². The van der Waals surface area contributed by atoms with Gasteiger partial charge in [0.25, 0.3) is 5.91 Å². The Morgan fingerprint density at radius 1 is 1.09 bits per heavy atom. The first kappa shape index (κ1) is 23.2. The number of amides is 2. The normalized spacial score (nSPS) is 22.9. The van der Waals surface area contributed by atoms with E-state index in [4.69, 9.17) is 32.4 Å². The molecular weight excluding hydrogens is 477 g/mol. The van der Waals surface area contributed by atoms with E-state index < -0.39 is 11.4 Å². The molecule has 7 nitrogen and oxygen atoms in total. The smallest absolute Gasteiger partial charge is 0.253 e. The van der Waals surface area contributed by atoms with Crippen LogP contribution in [0.4, 0.5) is 5.69 Å². The first-order valence-corrected chi connectivity index (χ1v) is 12.1. The van der Waals surface area contributed by atoms with E-state index in [9.17, 15) is 9.59 Å². The third kappa shape index (κ3) is 4.29. The average Bonchev–Trinajstić information content (AvgIpc) is 3.21. The first-order valence-electron chi connectivity index (χ1n) is 11.3. The minimum atomic E-state index is -0.518. The zero-order chi connectivity index (χ0) is 23.8. The fourth-order valence-electron chi connectivity index (χ4n) is 4.92. The second-order valence-corrected chi connectivity index (χ2v) is 9.51. The number of carbonyl (C=O) groups excluding carboxylic acids is 2. The molecule has 5 rings (SSSR count). The van der Waals surface area contributed by atoms with Gasteiger partial charge in [-0.1, -0.05) is 35.9 Å². The number of morpholine rings is 1. The van der Waals surface area contributed by atoms with Crippen molar-refractivity contribution in [2.75, 3.05) is 31.6 Å². The summed E-state index contributed by atoms with van der Waals surface area (Å²) in [6.45, 7) is 4.21. The van der Waals surface area contributed by atoms with Crippen LogP contribution in [0.5, 0.6) is 0 Å². The van der Waals surface area contributed by atoms with Crippen LogP contribution in [0.15, 0.2) is 46.9 Å². The average molecular weight is 502 g/mol. The highest BCUT2D eigenvalue weighted by Gasteiger charge is 2.43. The quantitative estimate of drug-likeness (QED) is 0.518. The number of nitrogens with one attached hydrogen (secondary N) is 2. The van der Waals surface area contributed by atoms with Crippen molar-refractivity contribution < 1.29 is 18.7 Å². The number of hydrogen-bond acceptors (Lipinski definition) is 5. The summed E-state index contributed by atoms with van der Waals surface area (Å²) in [6, 6.07) is 11.9. The van der Waals surface area contributed by atoms with Crippen molar-refractivity contribution in [2.24, 2.45) is 0 Å². The molecule has 1 saturated heterocycles. The molecule has 1 aromatic heterocycles. The largest absolute Gasteiger partial charge is 0.459 e. The van der Waals surface area contributed by atoms with Crippen LogP contribution in [0.2, 0.25) is 5.02 Å². The van der Waals surface area contributed by atoms with E-state index in [-0.39, 0.29) is 17.9 Å². The van der Waals surface area contributed by atoms with Crippen molar-refractivity contribution >= 4 is 51.7 Å². The monoisotopic (exact) mass is 501 g/mol. The number of anilines is 1. The zero-order valence-corrected chi connectivity index (χ0v) is 20.2. The summed E-state index contributed by atoms with van der Waals surface area (Å²) in [5, 5.41) is 6.80. The lowest BCUT2D eigenvalue weighted by molar-refractivity contribution is -0.114. The number of nitrogens with zero attached hydrogens (tertiary/aromatic N) is 1. The van der Waals surface area contributed by atoms with Crippen molar-refractivity contribution in [3.05, 3.63) is 64.4 Å². The number of halogens is 2. The highest BCUT2D eigenvalue weighted by atomic mass is 35.5. The molecule has 3 aromatic rings. The number of ether oxygens (including phenoxy) is 1. The second kappa shape index (κ2) is 9.58. The Hall–Kier alpha value is -2.58. The molecule has 2 aliphatic rings. The Morgan fingerprint density at radius 2 is 1.85 bits per heavy atom. The Kier molecular flexibility index (Phi) is 6.53. The number of furan rings is 1. The molecular formula is C25H25Cl2N3O4. The molecule has 2 heterocycles. The van der Waals surface area contributed by atoms with Gasteiger partial charge in [0.05, 0.1) is 40.9 Å². The molecule has 1 aliphatic carbocycles. The standard InChI is InChI=1S/C25H25Cl2N3O4/c1-14(31)28-18-8-3-2-5-15(18)25(32)29-23-21-16-6-4-7-17(26)24(16)34-20(21)13-19(22(23)27)30-9-11-33-12-10-30/h2-8,19,22-23H,9-13H2,1H3,(H,28,31)(H,29,32). The van der Waals surface area contributed by atoms with Crippen LogP contribution >= 0.6 is 23.2 Å². The maximum Gasteiger partial charge on any atom is 0.253 e. The number of rotatable bonds is 4. The number of hydrogen-bond donors (Lipinski definition) is 2. The van der Waals surface area contributed by atoms with Crippen molar-refractivity contribution in [3.63, 3.8) is 0 Å². The van der Waals surface area contributed by atoms with E-state index in [0.717, 1.165) is 29.8 Å². The minimum absolute atomic E-state index is 0.0479. The number of carbonyl (C=O) groups is 2. The lowest BCUT2D eigenvalue weighted by Crippen LogP contribution is -2.54. The molecule has 34 heavy (non-hydrogen) atoms. The fraction of sp³-hybridized carbons (Fsp3) is 0.360. The topological polar surface area (TPSA) is 83.8 Å². The lowest BCUT2D eigenvalue weighted by atomic mass is 9.85. The molecule has 3 atom stereocenters. The number of fused-ring (bicyclic) bond motifs is 3. The third-order valence-corrected chi connectivity index (χ3v) is 7.30. The third-order valence-electron chi connectivity index (χ3n) is 6.46. The number of benzene rings is 2. The summed E-state index contributed by atoms with van der Waals surface area (Å²) in [4.78, 5) is 27.4. The molecule has 2 amide bonds. The Bertz CT molecular complexity index is 1240. The molecule has 178 valence electrons. The van der Waals surface area contributed by atoms with E-state index in [1.54, 1.807) is 30.3 Å². The summed E-state index contributed by atoms with van der Waals surface area (Å²) in [6.07, 6.45) is 0.614. The van der Waals surface area contributed by atoms with Gasteiger partial charge >= 0.3 is 0 Å². The van der Waals surface area contributed by atoms with Crippen molar-refractivity contribution in [3.8, 4) is 0 Å². The molecule has 0 saturated carbocycles. The van der Waals surface area contributed by atoms with Gasteiger partial charge in [-0.3, -0.25) is 14.5 Å². The van der Waals surface area contributed by atoms with Gasteiger partial charge in [0, 0.05) is 43.4 Å². The summed E-state index contributed by atoms with van der Waals surface area (Å²) < 4.78 is 11.8. The van der Waals surface area contributed by atoms with Crippen molar-refractivity contribution in [1.29, 1.82) is 0 Å². The first-order chi connectivity index (χ1) is 16.4. The van der Waals surface area contributed by atoms with Gasteiger partial charge < -0.3 is 19.8 Å². The van der Waals surface area contributed by atoms with Gasteiger partial charge in [-0.2, -0.15) is 0 Å². The minimum Gasteiger partial charge on any atom is -0.459 e. The van der Waals surface area contributed by atoms with Crippen LogP contribution < -0.4 is 10.6 Å². The molecule has 2 aromatic carbocycles. The predicted octanol–water partition coefficient (Wildman–Crippen LogP) is 4.38. The fourth-order valence-corrected chi connectivity index (χ4v) is 5.57. The maximum atomic E-state index is 13.5. The lowest BCUT2D eigenvalue weighted by Gasteiger charge is -2.42. The second-order valence-electron chi connectivity index (χ2n) is 8.60. The highest BCUT2D eigenvalue weighted by molar-refractivity contribution is 6.35. The summed E-state index contributed by atoms with van der Waals surface area (Å²) in [7, 11) is 0.